The van der Waals surface area contributed by atoms with Gasteiger partial charge in [0.2, 0.25) is 0 Å². The highest BCUT2D eigenvalue weighted by molar-refractivity contribution is 5.91. The second-order valence-corrected chi connectivity index (χ2v) is 6.79. The third-order valence-electron chi connectivity index (χ3n) is 4.50. The van der Waals surface area contributed by atoms with Gasteiger partial charge in [0, 0.05) is 17.8 Å². The van der Waals surface area contributed by atoms with Crippen molar-refractivity contribution in [1.82, 2.24) is 20.2 Å². The van der Waals surface area contributed by atoms with Crippen molar-refractivity contribution in [1.29, 1.82) is 0 Å². The number of aryl methyl sites for hydroxylation is 1. The van der Waals surface area contributed by atoms with E-state index in [4.69, 9.17) is 14.6 Å². The molecule has 3 N–H and O–H groups in total. The lowest BCUT2D eigenvalue weighted by molar-refractivity contribution is 0.0536. The van der Waals surface area contributed by atoms with Crippen molar-refractivity contribution in [2.45, 2.75) is 13.0 Å². The number of aromatic nitrogens is 4. The Morgan fingerprint density at radius 3 is 2.74 bits per heavy atom. The molecule has 0 spiro atoms. The SMILES string of the molecule is Cc1cc(OCC(O)CO)ccc1-c1n[nH]c2nc(Oc3ccc(F)cc3F)ncc12. The second kappa shape index (κ2) is 8.62. The van der Waals surface area contributed by atoms with Gasteiger partial charge >= 0.3 is 6.01 Å². The Hall–Kier alpha value is -3.63. The zero-order valence-corrected chi connectivity index (χ0v) is 16.3. The Kier molecular flexibility index (Phi) is 5.74. The van der Waals surface area contributed by atoms with Gasteiger partial charge in [-0.05, 0) is 42.8 Å². The molecule has 0 aliphatic carbocycles. The predicted molar refractivity (Wildman–Crippen MR) is 107 cm³/mol. The highest BCUT2D eigenvalue weighted by atomic mass is 19.1. The lowest BCUT2D eigenvalue weighted by Crippen LogP contribution is -2.21. The number of hydrogen-bond acceptors (Lipinski definition) is 7. The van der Waals surface area contributed by atoms with Crippen molar-refractivity contribution < 1.29 is 28.5 Å². The van der Waals surface area contributed by atoms with E-state index in [0.717, 1.165) is 23.3 Å². The zero-order valence-electron chi connectivity index (χ0n) is 16.3. The molecule has 31 heavy (non-hydrogen) atoms. The van der Waals surface area contributed by atoms with Gasteiger partial charge in [-0.25, -0.2) is 13.8 Å². The number of H-pyrrole nitrogens is 1. The standard InChI is InChI=1S/C21H18F2N4O4/c1-11-6-14(30-10-13(29)9-28)3-4-15(11)19-16-8-24-21(25-20(16)27-26-19)31-18-5-2-12(22)7-17(18)23/h2-8,13,28-29H,9-10H2,1H3,(H,24,25,26,27). The molecule has 4 aromatic rings. The van der Waals surface area contributed by atoms with Crippen molar-refractivity contribution in [2.24, 2.45) is 0 Å². The summed E-state index contributed by atoms with van der Waals surface area (Å²) in [7, 11) is 0. The molecule has 0 aliphatic rings. The van der Waals surface area contributed by atoms with Gasteiger partial charge in [0.05, 0.1) is 12.0 Å². The molecule has 0 saturated carbocycles. The van der Waals surface area contributed by atoms with Gasteiger partial charge in [-0.1, -0.05) is 0 Å². The minimum atomic E-state index is -0.952. The van der Waals surface area contributed by atoms with Gasteiger partial charge in [0.25, 0.3) is 0 Å². The number of benzene rings is 2. The van der Waals surface area contributed by atoms with Crippen LogP contribution in [0.2, 0.25) is 0 Å². The van der Waals surface area contributed by atoms with Gasteiger partial charge < -0.3 is 19.7 Å². The van der Waals surface area contributed by atoms with E-state index in [9.17, 15) is 13.9 Å². The Balaban J connectivity index is 1.58. The summed E-state index contributed by atoms with van der Waals surface area (Å²) in [5.74, 6) is -1.23. The fraction of sp³-hybridized carbons (Fsp3) is 0.190. The quantitative estimate of drug-likeness (QED) is 0.414. The summed E-state index contributed by atoms with van der Waals surface area (Å²) in [5.41, 5.74) is 2.66. The first kappa shape index (κ1) is 20.6. The van der Waals surface area contributed by atoms with Crippen LogP contribution < -0.4 is 9.47 Å². The molecule has 8 nitrogen and oxygen atoms in total. The zero-order chi connectivity index (χ0) is 22.0. The number of nitrogens with one attached hydrogen (secondary N) is 1. The van der Waals surface area contributed by atoms with Gasteiger partial charge in [0.15, 0.2) is 17.2 Å². The molecule has 0 amide bonds. The van der Waals surface area contributed by atoms with Crippen molar-refractivity contribution in [3.8, 4) is 28.8 Å². The van der Waals surface area contributed by atoms with Crippen LogP contribution in [0.15, 0.2) is 42.6 Å². The number of fused-ring (bicyclic) bond motifs is 1. The van der Waals surface area contributed by atoms with Crippen LogP contribution in [0.1, 0.15) is 5.56 Å². The van der Waals surface area contributed by atoms with Crippen molar-refractivity contribution in [3.05, 3.63) is 59.8 Å². The molecule has 2 aromatic heterocycles. The topological polar surface area (TPSA) is 113 Å². The fourth-order valence-corrected chi connectivity index (χ4v) is 2.94. The molecular weight excluding hydrogens is 410 g/mol. The molecule has 160 valence electrons. The van der Waals surface area contributed by atoms with Crippen molar-refractivity contribution >= 4 is 11.0 Å². The Morgan fingerprint density at radius 2 is 2.00 bits per heavy atom. The molecule has 0 fully saturated rings. The molecule has 0 bridgehead atoms. The maximum absolute atomic E-state index is 13.8. The molecule has 0 saturated heterocycles. The molecule has 4 rings (SSSR count). The van der Waals surface area contributed by atoms with E-state index in [-0.39, 0.29) is 25.0 Å². The normalized spacial score (nSPS) is 12.2. The van der Waals surface area contributed by atoms with Crippen LogP contribution in [-0.4, -0.2) is 49.7 Å². The number of nitrogens with zero attached hydrogens (tertiary/aromatic N) is 3. The van der Waals surface area contributed by atoms with Crippen LogP contribution in [0.25, 0.3) is 22.3 Å². The van der Waals surface area contributed by atoms with Gasteiger partial charge in [-0.3, -0.25) is 5.10 Å². The largest absolute Gasteiger partial charge is 0.491 e. The van der Waals surface area contributed by atoms with Gasteiger partial charge in [-0.15, -0.1) is 0 Å². The average Bonchev–Trinajstić information content (AvgIpc) is 3.17. The van der Waals surface area contributed by atoms with E-state index >= 15 is 0 Å². The molecule has 2 heterocycles. The molecule has 1 atom stereocenters. The highest BCUT2D eigenvalue weighted by Gasteiger charge is 2.15. The summed E-state index contributed by atoms with van der Waals surface area (Å²) in [6, 6.07) is 8.15. The van der Waals surface area contributed by atoms with Crippen LogP contribution in [0, 0.1) is 18.6 Å². The third-order valence-corrected chi connectivity index (χ3v) is 4.50. The monoisotopic (exact) mass is 428 g/mol. The highest BCUT2D eigenvalue weighted by Crippen LogP contribution is 2.31. The van der Waals surface area contributed by atoms with E-state index in [1.165, 1.54) is 6.20 Å². The molecular formula is C21H18F2N4O4. The Morgan fingerprint density at radius 1 is 1.16 bits per heavy atom. The molecule has 1 unspecified atom stereocenters. The summed E-state index contributed by atoms with van der Waals surface area (Å²) in [6.45, 7) is 1.47. The van der Waals surface area contributed by atoms with Crippen molar-refractivity contribution in [3.63, 3.8) is 0 Å². The molecule has 0 aliphatic heterocycles. The van der Waals surface area contributed by atoms with Crippen LogP contribution in [0.3, 0.4) is 0 Å². The average molecular weight is 428 g/mol. The summed E-state index contributed by atoms with van der Waals surface area (Å²) >= 11 is 0. The van der Waals surface area contributed by atoms with Crippen LogP contribution >= 0.6 is 0 Å². The minimum absolute atomic E-state index is 0.0219. The van der Waals surface area contributed by atoms with Crippen LogP contribution in [0.5, 0.6) is 17.5 Å². The summed E-state index contributed by atoms with van der Waals surface area (Å²) in [6.07, 6.45) is 0.548. The first-order valence-corrected chi connectivity index (χ1v) is 9.31. The number of ether oxygens (including phenoxy) is 2. The summed E-state index contributed by atoms with van der Waals surface area (Å²) in [5, 5.41) is 26.0. The maximum atomic E-state index is 13.8. The molecule has 2 aromatic carbocycles. The fourth-order valence-electron chi connectivity index (χ4n) is 2.94. The summed E-state index contributed by atoms with van der Waals surface area (Å²) < 4.78 is 37.6. The van der Waals surface area contributed by atoms with Gasteiger partial charge in [0.1, 0.15) is 30.0 Å². The number of halogens is 2. The number of aliphatic hydroxyl groups is 2. The van der Waals surface area contributed by atoms with Crippen LogP contribution in [-0.2, 0) is 0 Å². The Labute approximate surface area is 175 Å². The van der Waals surface area contributed by atoms with E-state index in [1.807, 2.05) is 13.0 Å². The van der Waals surface area contributed by atoms with E-state index in [2.05, 4.69) is 20.2 Å². The lowest BCUT2D eigenvalue weighted by atomic mass is 10.0. The van der Waals surface area contributed by atoms with E-state index in [0.29, 0.717) is 28.5 Å². The Bertz CT molecular complexity index is 1230. The second-order valence-electron chi connectivity index (χ2n) is 6.79. The predicted octanol–water partition coefficient (Wildman–Crippen LogP) is 3.13. The van der Waals surface area contributed by atoms with Crippen molar-refractivity contribution in [2.75, 3.05) is 13.2 Å². The smallest absolute Gasteiger partial charge is 0.324 e. The van der Waals surface area contributed by atoms with Gasteiger partial charge in [-0.2, -0.15) is 10.1 Å². The number of aliphatic hydroxyl groups excluding tert-OH is 2. The number of rotatable bonds is 7. The number of hydrogen-bond donors (Lipinski definition) is 3. The molecule has 10 heteroatoms. The maximum Gasteiger partial charge on any atom is 0.324 e. The number of aromatic amines is 1. The minimum Gasteiger partial charge on any atom is -0.491 e. The first-order chi connectivity index (χ1) is 14.9. The molecule has 0 radical (unpaired) electrons. The third kappa shape index (κ3) is 4.44. The van der Waals surface area contributed by atoms with Crippen LogP contribution in [0.4, 0.5) is 8.78 Å². The lowest BCUT2D eigenvalue weighted by Gasteiger charge is -2.11. The van der Waals surface area contributed by atoms with E-state index < -0.39 is 17.7 Å². The summed E-state index contributed by atoms with van der Waals surface area (Å²) in [4.78, 5) is 8.30. The first-order valence-electron chi connectivity index (χ1n) is 9.31. The van der Waals surface area contributed by atoms with E-state index in [1.54, 1.807) is 12.1 Å².